The smallest absolute Gasteiger partial charge is 0.330 e. The Morgan fingerprint density at radius 1 is 1.34 bits per heavy atom. The Bertz CT molecular complexity index is 1090. The van der Waals surface area contributed by atoms with E-state index in [1.807, 2.05) is 24.1 Å². The van der Waals surface area contributed by atoms with E-state index in [-0.39, 0.29) is 30.4 Å². The third-order valence-electron chi connectivity index (χ3n) is 7.30. The summed E-state index contributed by atoms with van der Waals surface area (Å²) in [5, 5.41) is 13.1. The summed E-state index contributed by atoms with van der Waals surface area (Å²) >= 11 is 0. The van der Waals surface area contributed by atoms with Gasteiger partial charge in [-0.1, -0.05) is 6.92 Å². The van der Waals surface area contributed by atoms with E-state index in [0.29, 0.717) is 30.7 Å². The van der Waals surface area contributed by atoms with Crippen molar-refractivity contribution in [1.29, 1.82) is 5.26 Å². The van der Waals surface area contributed by atoms with Gasteiger partial charge in [0.15, 0.2) is 5.65 Å². The quantitative estimate of drug-likeness (QED) is 0.765. The molecule has 168 valence electrons. The number of amides is 2. The number of nitriles is 1. The van der Waals surface area contributed by atoms with E-state index >= 15 is 0 Å². The van der Waals surface area contributed by atoms with Crippen LogP contribution in [0.25, 0.3) is 11.0 Å². The number of nitrogens with zero attached hydrogens (tertiary/aromatic N) is 7. The predicted octanol–water partition coefficient (Wildman–Crippen LogP) is 1.03. The molecule has 0 aromatic carbocycles. The number of likely N-dealkylation sites (tertiary alicyclic amines) is 2. The number of aromatic nitrogens is 3. The Morgan fingerprint density at radius 3 is 2.91 bits per heavy atom. The summed E-state index contributed by atoms with van der Waals surface area (Å²) in [6.07, 6.45) is 5.06. The number of rotatable bonds is 3. The minimum Gasteiger partial charge on any atom is -0.354 e. The molecule has 2 aromatic rings. The summed E-state index contributed by atoms with van der Waals surface area (Å²) in [5.74, 6) is 0.974. The molecular weight excluding hydrogens is 408 g/mol. The molecular formula is C22H28N8O2. The lowest BCUT2D eigenvalue weighted by molar-refractivity contribution is -0.131. The monoisotopic (exact) mass is 436 g/mol. The minimum atomic E-state index is -0.128. The first-order valence-corrected chi connectivity index (χ1v) is 11.2. The fourth-order valence-electron chi connectivity index (χ4n) is 5.42. The molecule has 0 aliphatic carbocycles. The zero-order chi connectivity index (χ0) is 22.4. The van der Waals surface area contributed by atoms with Gasteiger partial charge in [0, 0.05) is 51.5 Å². The number of fused-ring (bicyclic) bond motifs is 3. The minimum absolute atomic E-state index is 0.0411. The molecule has 3 aliphatic rings. The van der Waals surface area contributed by atoms with Crippen LogP contribution in [0.3, 0.4) is 0 Å². The Hall–Kier alpha value is -3.19. The van der Waals surface area contributed by atoms with Crippen molar-refractivity contribution in [3.05, 3.63) is 18.6 Å². The maximum absolute atomic E-state index is 13.2. The number of piperazine rings is 1. The van der Waals surface area contributed by atoms with Crippen LogP contribution in [0.2, 0.25) is 0 Å². The van der Waals surface area contributed by atoms with E-state index in [9.17, 15) is 9.59 Å². The molecule has 10 heteroatoms. The molecule has 2 amide bonds. The highest BCUT2D eigenvalue weighted by atomic mass is 16.2. The van der Waals surface area contributed by atoms with E-state index in [0.717, 1.165) is 37.1 Å². The Kier molecular flexibility index (Phi) is 5.21. The molecule has 0 spiro atoms. The number of piperidine rings is 1. The highest BCUT2D eigenvalue weighted by Crippen LogP contribution is 2.31. The number of hydrogen-bond donors (Lipinski definition) is 1. The van der Waals surface area contributed by atoms with Gasteiger partial charge in [-0.2, -0.15) is 5.26 Å². The molecule has 4 atom stereocenters. The molecule has 2 bridgehead atoms. The number of anilines is 1. The van der Waals surface area contributed by atoms with Crippen molar-refractivity contribution in [3.63, 3.8) is 0 Å². The molecule has 10 nitrogen and oxygen atoms in total. The summed E-state index contributed by atoms with van der Waals surface area (Å²) in [7, 11) is 1.98. The van der Waals surface area contributed by atoms with Gasteiger partial charge in [-0.15, -0.1) is 0 Å². The summed E-state index contributed by atoms with van der Waals surface area (Å²) in [6, 6.07) is 4.51. The van der Waals surface area contributed by atoms with Crippen LogP contribution >= 0.6 is 0 Å². The van der Waals surface area contributed by atoms with Gasteiger partial charge in [-0.05, 0) is 24.8 Å². The Labute approximate surface area is 186 Å². The number of carbonyl (C=O) groups excluding carboxylic acids is 2. The molecule has 3 aliphatic heterocycles. The lowest BCUT2D eigenvalue weighted by Gasteiger charge is -2.42. The van der Waals surface area contributed by atoms with Crippen molar-refractivity contribution in [2.24, 2.45) is 5.92 Å². The maximum Gasteiger partial charge on any atom is 0.330 e. The first-order chi connectivity index (χ1) is 15.5. The topological polar surface area (TPSA) is 110 Å². The molecule has 2 aromatic heterocycles. The van der Waals surface area contributed by atoms with E-state index in [2.05, 4.69) is 27.1 Å². The predicted molar refractivity (Wildman–Crippen MR) is 118 cm³/mol. The highest BCUT2D eigenvalue weighted by Gasteiger charge is 2.41. The number of hydrogen-bond acceptors (Lipinski definition) is 7. The van der Waals surface area contributed by atoms with E-state index in [1.54, 1.807) is 15.7 Å². The average Bonchev–Trinajstić information content (AvgIpc) is 3.54. The fourth-order valence-corrected chi connectivity index (χ4v) is 5.42. The van der Waals surface area contributed by atoms with Gasteiger partial charge in [0.2, 0.25) is 5.91 Å². The Morgan fingerprint density at radius 2 is 2.19 bits per heavy atom. The lowest BCUT2D eigenvalue weighted by atomic mass is 9.92. The lowest BCUT2D eigenvalue weighted by Crippen LogP contribution is -2.52. The molecule has 32 heavy (non-hydrogen) atoms. The molecule has 0 radical (unpaired) electrons. The molecule has 1 unspecified atom stereocenters. The van der Waals surface area contributed by atoms with Crippen LogP contribution in [0.5, 0.6) is 0 Å². The van der Waals surface area contributed by atoms with Gasteiger partial charge < -0.3 is 20.0 Å². The highest BCUT2D eigenvalue weighted by molar-refractivity contribution is 5.95. The van der Waals surface area contributed by atoms with Gasteiger partial charge >= 0.3 is 6.03 Å². The van der Waals surface area contributed by atoms with Crippen LogP contribution in [0.15, 0.2) is 18.6 Å². The van der Waals surface area contributed by atoms with Gasteiger partial charge in [-0.25, -0.2) is 14.8 Å². The van der Waals surface area contributed by atoms with Crippen molar-refractivity contribution in [1.82, 2.24) is 29.7 Å². The summed E-state index contributed by atoms with van der Waals surface area (Å²) in [4.78, 5) is 40.3. The number of nitrogens with one attached hydrogen (secondary N) is 1. The summed E-state index contributed by atoms with van der Waals surface area (Å²) in [6.45, 7) is 4.97. The van der Waals surface area contributed by atoms with Crippen LogP contribution in [0, 0.1) is 17.2 Å². The van der Waals surface area contributed by atoms with Crippen molar-refractivity contribution < 1.29 is 9.59 Å². The molecule has 5 rings (SSSR count). The van der Waals surface area contributed by atoms with Crippen LogP contribution in [0.4, 0.5) is 10.6 Å². The summed E-state index contributed by atoms with van der Waals surface area (Å²) in [5.41, 5.74) is 0.600. The number of carbonyl (C=O) groups is 2. The molecule has 3 saturated heterocycles. The van der Waals surface area contributed by atoms with Crippen molar-refractivity contribution in [2.45, 2.75) is 44.3 Å². The largest absolute Gasteiger partial charge is 0.354 e. The van der Waals surface area contributed by atoms with Crippen LogP contribution < -0.4 is 10.2 Å². The van der Waals surface area contributed by atoms with E-state index in [4.69, 9.17) is 5.26 Å². The van der Waals surface area contributed by atoms with E-state index < -0.39 is 0 Å². The zero-order valence-electron chi connectivity index (χ0n) is 18.4. The molecule has 3 fully saturated rings. The van der Waals surface area contributed by atoms with Gasteiger partial charge in [0.05, 0.1) is 17.5 Å². The van der Waals surface area contributed by atoms with Crippen molar-refractivity contribution in [2.75, 3.05) is 38.1 Å². The third kappa shape index (κ3) is 3.37. The van der Waals surface area contributed by atoms with Crippen molar-refractivity contribution >= 4 is 28.8 Å². The molecule has 1 N–H and O–H groups in total. The van der Waals surface area contributed by atoms with Crippen molar-refractivity contribution in [3.8, 4) is 6.07 Å². The normalized spacial score (nSPS) is 27.0. The second-order valence-electron chi connectivity index (χ2n) is 9.17. The first-order valence-electron chi connectivity index (χ1n) is 11.2. The van der Waals surface area contributed by atoms with Crippen LogP contribution in [-0.2, 0) is 4.79 Å². The van der Waals surface area contributed by atoms with Gasteiger partial charge in [0.1, 0.15) is 18.6 Å². The molecule has 0 saturated carbocycles. The third-order valence-corrected chi connectivity index (χ3v) is 7.30. The maximum atomic E-state index is 13.2. The van der Waals surface area contributed by atoms with Crippen LogP contribution in [-0.4, -0.2) is 87.6 Å². The van der Waals surface area contributed by atoms with E-state index in [1.165, 1.54) is 6.33 Å². The standard InChI is InChI=1S/C22H28N8O2/c1-14-4-7-28(19(31)3-6-23)12-18(14)27(2)20-17-5-8-29(21(17)26-13-25-20)22(32)30-11-15-9-16(30)10-24-15/h5,8,13-16,18,24H,3-4,7,9-12H2,1-2H3/t14-,15?,16+,18+/m1/s1. The van der Waals surface area contributed by atoms with Gasteiger partial charge in [0.25, 0.3) is 0 Å². The van der Waals surface area contributed by atoms with Crippen LogP contribution in [0.1, 0.15) is 26.2 Å². The SMILES string of the molecule is C[C@@H]1CCN(C(=O)CC#N)C[C@@H]1N(C)c1ncnc2c1ccn2C(=O)N1CC2C[C@H]1CN2. The second-order valence-corrected chi connectivity index (χ2v) is 9.17. The first kappa shape index (κ1) is 20.7. The number of likely N-dealkylation sites (N-methyl/N-ethyl adjacent to an activating group) is 1. The zero-order valence-corrected chi connectivity index (χ0v) is 18.4. The average molecular weight is 437 g/mol. The van der Waals surface area contributed by atoms with Gasteiger partial charge in [-0.3, -0.25) is 9.36 Å². The fraction of sp³-hybridized carbons (Fsp3) is 0.591. The summed E-state index contributed by atoms with van der Waals surface area (Å²) < 4.78 is 1.63. The Balaban J connectivity index is 1.41. The second kappa shape index (κ2) is 8.06. The molecule has 5 heterocycles.